The van der Waals surface area contributed by atoms with Gasteiger partial charge in [-0.15, -0.1) is 0 Å². The fraction of sp³-hybridized carbons (Fsp3) is 0.0714. The number of ketones is 1. The fourth-order valence-corrected chi connectivity index (χ4v) is 2.21. The number of ether oxygens (including phenoxy) is 1. The summed E-state index contributed by atoms with van der Waals surface area (Å²) in [4.78, 5) is 12.1. The zero-order valence-electron chi connectivity index (χ0n) is 8.86. The molecule has 0 fully saturated rings. The maximum Gasteiger partial charge on any atom is 0.194 e. The highest BCUT2D eigenvalue weighted by Crippen LogP contribution is 2.41. The predicted molar refractivity (Wildman–Crippen MR) is 61.9 cm³/mol. The van der Waals surface area contributed by atoms with E-state index in [1.807, 2.05) is 42.5 Å². The maximum absolute atomic E-state index is 12.1. The largest absolute Gasteiger partial charge is 0.496 e. The molecule has 0 saturated heterocycles. The SMILES string of the molecule is COc1cccc2c1-c1ccccc1C2=O. The molecule has 0 aliphatic heterocycles. The van der Waals surface area contributed by atoms with Gasteiger partial charge < -0.3 is 4.74 Å². The molecule has 0 saturated carbocycles. The van der Waals surface area contributed by atoms with Crippen molar-refractivity contribution in [2.75, 3.05) is 7.11 Å². The van der Waals surface area contributed by atoms with Crippen molar-refractivity contribution in [3.05, 3.63) is 53.6 Å². The van der Waals surface area contributed by atoms with Gasteiger partial charge in [-0.25, -0.2) is 0 Å². The summed E-state index contributed by atoms with van der Waals surface area (Å²) in [6, 6.07) is 13.2. The lowest BCUT2D eigenvalue weighted by Crippen LogP contribution is -1.94. The molecule has 3 rings (SSSR count). The normalized spacial score (nSPS) is 12.2. The molecule has 0 bridgehead atoms. The highest BCUT2D eigenvalue weighted by molar-refractivity contribution is 6.22. The lowest BCUT2D eigenvalue weighted by atomic mass is 10.1. The van der Waals surface area contributed by atoms with Gasteiger partial charge in [0.25, 0.3) is 0 Å². The number of hydrogen-bond donors (Lipinski definition) is 0. The van der Waals surface area contributed by atoms with Crippen LogP contribution < -0.4 is 4.74 Å². The quantitative estimate of drug-likeness (QED) is 0.617. The number of carbonyl (C=O) groups is 1. The summed E-state index contributed by atoms with van der Waals surface area (Å²) >= 11 is 0. The molecule has 0 atom stereocenters. The number of rotatable bonds is 1. The van der Waals surface area contributed by atoms with Crippen molar-refractivity contribution in [2.24, 2.45) is 0 Å². The van der Waals surface area contributed by atoms with Crippen LogP contribution in [0.3, 0.4) is 0 Å². The average molecular weight is 210 g/mol. The molecule has 0 radical (unpaired) electrons. The van der Waals surface area contributed by atoms with Gasteiger partial charge in [-0.05, 0) is 11.6 Å². The second-order valence-electron chi connectivity index (χ2n) is 3.76. The zero-order valence-corrected chi connectivity index (χ0v) is 8.86. The number of methoxy groups -OCH3 is 1. The van der Waals surface area contributed by atoms with E-state index < -0.39 is 0 Å². The van der Waals surface area contributed by atoms with Crippen molar-refractivity contribution in [1.82, 2.24) is 0 Å². The third-order valence-electron chi connectivity index (χ3n) is 2.93. The first-order chi connectivity index (χ1) is 7.83. The summed E-state index contributed by atoms with van der Waals surface area (Å²) < 4.78 is 5.31. The Morgan fingerprint density at radius 2 is 1.56 bits per heavy atom. The molecule has 2 aromatic rings. The minimum atomic E-state index is 0.0875. The van der Waals surface area contributed by atoms with Crippen LogP contribution >= 0.6 is 0 Å². The molecule has 0 aromatic heterocycles. The van der Waals surface area contributed by atoms with Crippen LogP contribution in [0.15, 0.2) is 42.5 Å². The Balaban J connectivity index is 2.39. The van der Waals surface area contributed by atoms with Crippen molar-refractivity contribution in [3.63, 3.8) is 0 Å². The van der Waals surface area contributed by atoms with Crippen LogP contribution in [0.4, 0.5) is 0 Å². The van der Waals surface area contributed by atoms with Crippen LogP contribution in [0.1, 0.15) is 15.9 Å². The van der Waals surface area contributed by atoms with E-state index in [2.05, 4.69) is 0 Å². The molecule has 16 heavy (non-hydrogen) atoms. The summed E-state index contributed by atoms with van der Waals surface area (Å²) in [6.45, 7) is 0. The van der Waals surface area contributed by atoms with Crippen LogP contribution in [0.2, 0.25) is 0 Å². The second-order valence-corrected chi connectivity index (χ2v) is 3.76. The molecule has 1 aliphatic carbocycles. The van der Waals surface area contributed by atoms with Gasteiger partial charge in [0.15, 0.2) is 5.78 Å². The lowest BCUT2D eigenvalue weighted by molar-refractivity contribution is 0.104. The van der Waals surface area contributed by atoms with E-state index in [1.54, 1.807) is 7.11 Å². The van der Waals surface area contributed by atoms with E-state index in [1.165, 1.54) is 0 Å². The Morgan fingerprint density at radius 1 is 0.875 bits per heavy atom. The van der Waals surface area contributed by atoms with Crippen LogP contribution in [0, 0.1) is 0 Å². The minimum absolute atomic E-state index is 0.0875. The monoisotopic (exact) mass is 210 g/mol. The Bertz CT molecular complexity index is 585. The van der Waals surface area contributed by atoms with Gasteiger partial charge >= 0.3 is 0 Å². The third-order valence-corrected chi connectivity index (χ3v) is 2.93. The Hall–Kier alpha value is -2.09. The second kappa shape index (κ2) is 3.20. The number of hydrogen-bond acceptors (Lipinski definition) is 2. The van der Waals surface area contributed by atoms with Gasteiger partial charge in [0.2, 0.25) is 0 Å². The molecule has 0 N–H and O–H groups in total. The highest BCUT2D eigenvalue weighted by Gasteiger charge is 2.28. The van der Waals surface area contributed by atoms with E-state index >= 15 is 0 Å². The van der Waals surface area contributed by atoms with E-state index in [0.29, 0.717) is 0 Å². The zero-order chi connectivity index (χ0) is 11.1. The first kappa shape index (κ1) is 9.16. The summed E-state index contributed by atoms with van der Waals surface area (Å²) in [7, 11) is 1.63. The van der Waals surface area contributed by atoms with Gasteiger partial charge in [-0.2, -0.15) is 0 Å². The topological polar surface area (TPSA) is 26.3 Å². The van der Waals surface area contributed by atoms with Crippen LogP contribution in [-0.2, 0) is 0 Å². The van der Waals surface area contributed by atoms with Crippen molar-refractivity contribution in [2.45, 2.75) is 0 Å². The molecule has 0 unspecified atom stereocenters. The van der Waals surface area contributed by atoms with E-state index in [4.69, 9.17) is 4.74 Å². The predicted octanol–water partition coefficient (Wildman–Crippen LogP) is 2.91. The van der Waals surface area contributed by atoms with Crippen molar-refractivity contribution in [3.8, 4) is 16.9 Å². The summed E-state index contributed by atoms with van der Waals surface area (Å²) in [6.07, 6.45) is 0. The Labute approximate surface area is 93.5 Å². The minimum Gasteiger partial charge on any atom is -0.496 e. The van der Waals surface area contributed by atoms with Crippen molar-refractivity contribution < 1.29 is 9.53 Å². The molecule has 2 aromatic carbocycles. The Kier molecular flexibility index (Phi) is 1.83. The first-order valence-electron chi connectivity index (χ1n) is 5.14. The van der Waals surface area contributed by atoms with Crippen LogP contribution in [0.25, 0.3) is 11.1 Å². The van der Waals surface area contributed by atoms with E-state index in [9.17, 15) is 4.79 Å². The van der Waals surface area contributed by atoms with Gasteiger partial charge in [-0.3, -0.25) is 4.79 Å². The molecule has 0 spiro atoms. The molecule has 2 nitrogen and oxygen atoms in total. The number of fused-ring (bicyclic) bond motifs is 3. The highest BCUT2D eigenvalue weighted by atomic mass is 16.5. The van der Waals surface area contributed by atoms with E-state index in [0.717, 1.165) is 28.0 Å². The van der Waals surface area contributed by atoms with Gasteiger partial charge in [0, 0.05) is 16.7 Å². The number of carbonyl (C=O) groups excluding carboxylic acids is 1. The van der Waals surface area contributed by atoms with Gasteiger partial charge in [0.1, 0.15) is 5.75 Å². The lowest BCUT2D eigenvalue weighted by Gasteiger charge is -2.06. The van der Waals surface area contributed by atoms with Crippen molar-refractivity contribution in [1.29, 1.82) is 0 Å². The summed E-state index contributed by atoms with van der Waals surface area (Å²) in [5, 5.41) is 0. The molecule has 1 aliphatic rings. The molecule has 0 amide bonds. The average Bonchev–Trinajstić information content (AvgIpc) is 2.64. The molecule has 78 valence electrons. The van der Waals surface area contributed by atoms with Crippen LogP contribution in [-0.4, -0.2) is 12.9 Å². The summed E-state index contributed by atoms with van der Waals surface area (Å²) in [5.74, 6) is 0.848. The standard InChI is InChI=1S/C14H10O2/c1-16-12-8-4-7-11-13(12)9-5-2-3-6-10(9)14(11)15/h2-8H,1H3. The van der Waals surface area contributed by atoms with Gasteiger partial charge in [0.05, 0.1) is 7.11 Å². The molecular formula is C14H10O2. The maximum atomic E-state index is 12.1. The molecule has 0 heterocycles. The summed E-state index contributed by atoms with van der Waals surface area (Å²) in [5.41, 5.74) is 3.40. The number of benzene rings is 2. The third kappa shape index (κ3) is 1.04. The van der Waals surface area contributed by atoms with E-state index in [-0.39, 0.29) is 5.78 Å². The smallest absolute Gasteiger partial charge is 0.194 e. The van der Waals surface area contributed by atoms with Crippen molar-refractivity contribution >= 4 is 5.78 Å². The first-order valence-corrected chi connectivity index (χ1v) is 5.14. The van der Waals surface area contributed by atoms with Crippen LogP contribution in [0.5, 0.6) is 5.75 Å². The Morgan fingerprint density at radius 3 is 2.31 bits per heavy atom. The fourth-order valence-electron chi connectivity index (χ4n) is 2.21. The molecule has 2 heteroatoms. The van der Waals surface area contributed by atoms with Gasteiger partial charge in [-0.1, -0.05) is 36.4 Å². The molecular weight excluding hydrogens is 200 g/mol.